The first-order valence-corrected chi connectivity index (χ1v) is 5.97. The number of ether oxygens (including phenoxy) is 1. The predicted molar refractivity (Wildman–Crippen MR) is 66.7 cm³/mol. The van der Waals surface area contributed by atoms with Gasteiger partial charge < -0.3 is 4.74 Å². The van der Waals surface area contributed by atoms with Crippen molar-refractivity contribution in [1.29, 1.82) is 0 Å². The van der Waals surface area contributed by atoms with E-state index in [4.69, 9.17) is 23.2 Å². The summed E-state index contributed by atoms with van der Waals surface area (Å²) in [5.74, 6) is -0.772. The molecular weight excluding hydrogens is 279 g/mol. The van der Waals surface area contributed by atoms with E-state index in [0.29, 0.717) is 10.8 Å². The molecule has 96 valence electrons. The van der Waals surface area contributed by atoms with Gasteiger partial charge in [0.25, 0.3) is 0 Å². The fourth-order valence-electron chi connectivity index (χ4n) is 1.84. The number of rotatable bonds is 2. The summed E-state index contributed by atoms with van der Waals surface area (Å²) in [4.78, 5) is 28.6. The summed E-state index contributed by atoms with van der Waals surface area (Å²) in [6.07, 6.45) is 1.51. The minimum absolute atomic E-state index is 0.104. The van der Waals surface area contributed by atoms with Gasteiger partial charge in [0, 0.05) is 19.2 Å². The maximum absolute atomic E-state index is 11.8. The van der Waals surface area contributed by atoms with Crippen molar-refractivity contribution in [2.75, 3.05) is 18.6 Å². The Morgan fingerprint density at radius 3 is 2.89 bits per heavy atom. The molecule has 2 heterocycles. The Labute approximate surface area is 114 Å². The molecule has 18 heavy (non-hydrogen) atoms. The number of carbonyl (C=O) groups excluding carboxylic acids is 2. The summed E-state index contributed by atoms with van der Waals surface area (Å²) in [6, 6.07) is 1.50. The highest BCUT2D eigenvalue weighted by molar-refractivity contribution is 6.36. The van der Waals surface area contributed by atoms with Crippen LogP contribution in [0.25, 0.3) is 0 Å². The average molecular weight is 289 g/mol. The third-order valence-electron chi connectivity index (χ3n) is 2.70. The highest BCUT2D eigenvalue weighted by Gasteiger charge is 2.37. The molecule has 0 N–H and O–H groups in total. The number of pyridine rings is 1. The van der Waals surface area contributed by atoms with Crippen LogP contribution in [0.1, 0.15) is 6.42 Å². The molecule has 0 radical (unpaired) electrons. The molecule has 0 aliphatic carbocycles. The van der Waals surface area contributed by atoms with E-state index in [2.05, 4.69) is 9.72 Å². The van der Waals surface area contributed by atoms with Crippen molar-refractivity contribution in [2.45, 2.75) is 6.42 Å². The fraction of sp³-hybridized carbons (Fsp3) is 0.364. The third kappa shape index (κ3) is 2.42. The molecule has 1 aromatic rings. The molecule has 1 unspecified atom stereocenters. The first kappa shape index (κ1) is 13.1. The smallest absolute Gasteiger partial charge is 0.311 e. The van der Waals surface area contributed by atoms with E-state index in [1.54, 1.807) is 0 Å². The molecule has 0 aromatic carbocycles. The van der Waals surface area contributed by atoms with Crippen LogP contribution in [-0.4, -0.2) is 30.5 Å². The van der Waals surface area contributed by atoms with Gasteiger partial charge in [-0.15, -0.1) is 0 Å². The van der Waals surface area contributed by atoms with Gasteiger partial charge in [0.1, 0.15) is 0 Å². The minimum atomic E-state index is -0.476. The van der Waals surface area contributed by atoms with Gasteiger partial charge in [-0.25, -0.2) is 4.98 Å². The maximum Gasteiger partial charge on any atom is 0.311 e. The summed E-state index contributed by atoms with van der Waals surface area (Å²) >= 11 is 11.7. The van der Waals surface area contributed by atoms with E-state index < -0.39 is 11.9 Å². The van der Waals surface area contributed by atoms with Crippen LogP contribution in [-0.2, 0) is 14.3 Å². The lowest BCUT2D eigenvalue weighted by Gasteiger charge is -2.16. The third-order valence-corrected chi connectivity index (χ3v) is 3.19. The van der Waals surface area contributed by atoms with Crippen molar-refractivity contribution in [1.82, 2.24) is 4.98 Å². The molecular formula is C11H10Cl2N2O3. The molecule has 1 amide bonds. The van der Waals surface area contributed by atoms with Crippen molar-refractivity contribution < 1.29 is 14.3 Å². The SMILES string of the molecule is COC(=O)C1CC(=O)N(c2ncc(Cl)cc2Cl)C1. The first-order chi connectivity index (χ1) is 8.52. The zero-order valence-electron chi connectivity index (χ0n) is 9.52. The summed E-state index contributed by atoms with van der Waals surface area (Å²) in [7, 11) is 1.29. The summed E-state index contributed by atoms with van der Waals surface area (Å²) in [6.45, 7) is 0.222. The van der Waals surface area contributed by atoms with Gasteiger partial charge in [-0.3, -0.25) is 14.5 Å². The van der Waals surface area contributed by atoms with Gasteiger partial charge >= 0.3 is 5.97 Å². The molecule has 1 fully saturated rings. The lowest BCUT2D eigenvalue weighted by molar-refractivity contribution is -0.145. The van der Waals surface area contributed by atoms with E-state index in [9.17, 15) is 9.59 Å². The van der Waals surface area contributed by atoms with Crippen LogP contribution in [0.4, 0.5) is 5.82 Å². The Morgan fingerprint density at radius 2 is 2.28 bits per heavy atom. The summed E-state index contributed by atoms with van der Waals surface area (Å²) in [5, 5.41) is 0.668. The fourth-order valence-corrected chi connectivity index (χ4v) is 2.32. The quantitative estimate of drug-likeness (QED) is 0.780. The number of amides is 1. The highest BCUT2D eigenvalue weighted by atomic mass is 35.5. The van der Waals surface area contributed by atoms with Gasteiger partial charge in [-0.05, 0) is 6.07 Å². The van der Waals surface area contributed by atoms with Gasteiger partial charge in [-0.2, -0.15) is 0 Å². The maximum atomic E-state index is 11.8. The lowest BCUT2D eigenvalue weighted by atomic mass is 10.1. The number of hydrogen-bond donors (Lipinski definition) is 0. The van der Waals surface area contributed by atoms with Crippen molar-refractivity contribution in [3.05, 3.63) is 22.3 Å². The van der Waals surface area contributed by atoms with Crippen molar-refractivity contribution in [2.24, 2.45) is 5.92 Å². The number of methoxy groups -OCH3 is 1. The van der Waals surface area contributed by atoms with E-state index in [-0.39, 0.29) is 23.9 Å². The number of esters is 1. The molecule has 1 aliphatic heterocycles. The molecule has 2 rings (SSSR count). The van der Waals surface area contributed by atoms with Gasteiger partial charge in [0.2, 0.25) is 5.91 Å². The van der Waals surface area contributed by atoms with Crippen molar-refractivity contribution in [3.8, 4) is 0 Å². The molecule has 1 saturated heterocycles. The van der Waals surface area contributed by atoms with E-state index in [0.717, 1.165) is 0 Å². The van der Waals surface area contributed by atoms with Crippen LogP contribution in [0.5, 0.6) is 0 Å². The zero-order chi connectivity index (χ0) is 13.3. The molecule has 7 heteroatoms. The molecule has 1 atom stereocenters. The number of aromatic nitrogens is 1. The normalized spacial score (nSPS) is 19.2. The van der Waals surface area contributed by atoms with Crippen LogP contribution < -0.4 is 4.90 Å². The number of hydrogen-bond acceptors (Lipinski definition) is 4. The Hall–Kier alpha value is -1.33. The van der Waals surface area contributed by atoms with Crippen LogP contribution in [0.3, 0.4) is 0 Å². The Morgan fingerprint density at radius 1 is 1.56 bits per heavy atom. The zero-order valence-corrected chi connectivity index (χ0v) is 11.0. The number of anilines is 1. The molecule has 0 spiro atoms. The Kier molecular flexibility index (Phi) is 3.73. The van der Waals surface area contributed by atoms with Crippen molar-refractivity contribution >= 4 is 40.9 Å². The largest absolute Gasteiger partial charge is 0.469 e. The number of halogens is 2. The topological polar surface area (TPSA) is 59.5 Å². The van der Waals surface area contributed by atoms with E-state index >= 15 is 0 Å². The second-order valence-corrected chi connectivity index (χ2v) is 4.73. The molecule has 1 aromatic heterocycles. The molecule has 0 bridgehead atoms. The molecule has 1 aliphatic rings. The summed E-state index contributed by atoms with van der Waals surface area (Å²) < 4.78 is 4.62. The van der Waals surface area contributed by atoms with Crippen LogP contribution >= 0.6 is 23.2 Å². The van der Waals surface area contributed by atoms with Crippen LogP contribution in [0.2, 0.25) is 10.0 Å². The monoisotopic (exact) mass is 288 g/mol. The lowest BCUT2D eigenvalue weighted by Crippen LogP contribution is -2.27. The second kappa shape index (κ2) is 5.12. The Bertz CT molecular complexity index is 507. The second-order valence-electron chi connectivity index (χ2n) is 3.89. The summed E-state index contributed by atoms with van der Waals surface area (Å²) in [5.41, 5.74) is 0. The first-order valence-electron chi connectivity index (χ1n) is 5.22. The number of carbonyl (C=O) groups is 2. The number of nitrogens with zero attached hydrogens (tertiary/aromatic N) is 2. The molecule has 5 nitrogen and oxygen atoms in total. The van der Waals surface area contributed by atoms with E-state index in [1.807, 2.05) is 0 Å². The van der Waals surface area contributed by atoms with Crippen LogP contribution in [0, 0.1) is 5.92 Å². The van der Waals surface area contributed by atoms with E-state index in [1.165, 1.54) is 24.3 Å². The Balaban J connectivity index is 2.24. The van der Waals surface area contributed by atoms with Gasteiger partial charge in [0.05, 0.1) is 23.1 Å². The average Bonchev–Trinajstić information content (AvgIpc) is 2.70. The highest BCUT2D eigenvalue weighted by Crippen LogP contribution is 2.31. The minimum Gasteiger partial charge on any atom is -0.469 e. The molecule has 0 saturated carbocycles. The van der Waals surface area contributed by atoms with Crippen molar-refractivity contribution in [3.63, 3.8) is 0 Å². The predicted octanol–water partition coefficient (Wildman–Crippen LogP) is 1.91. The van der Waals surface area contributed by atoms with Gasteiger partial charge in [-0.1, -0.05) is 23.2 Å². The standard InChI is InChI=1S/C11H10Cl2N2O3/c1-18-11(17)6-2-9(16)15(5-6)10-8(13)3-7(12)4-14-10/h3-4,6H,2,5H2,1H3. The van der Waals surface area contributed by atoms with Crippen LogP contribution in [0.15, 0.2) is 12.3 Å². The van der Waals surface area contributed by atoms with Gasteiger partial charge in [0.15, 0.2) is 5.82 Å².